The van der Waals surface area contributed by atoms with E-state index in [9.17, 15) is 19.2 Å². The molecule has 4 aliphatic heterocycles. The van der Waals surface area contributed by atoms with Crippen molar-refractivity contribution < 1.29 is 19.2 Å². The van der Waals surface area contributed by atoms with Gasteiger partial charge in [-0.15, -0.1) is 0 Å². The average molecular weight is 1360 g/mol. The van der Waals surface area contributed by atoms with Gasteiger partial charge in [-0.1, -0.05) is 78.2 Å². The molecule has 4 amide bonds. The molecule has 100 heavy (non-hydrogen) atoms. The zero-order chi connectivity index (χ0) is 69.1. The molecule has 12 heterocycles. The van der Waals surface area contributed by atoms with Crippen LogP contribution in [0.25, 0.3) is 44.1 Å². The van der Waals surface area contributed by atoms with Crippen LogP contribution in [0.3, 0.4) is 0 Å². The van der Waals surface area contributed by atoms with Crippen molar-refractivity contribution in [2.75, 3.05) is 73.6 Å². The number of H-pyrrole nitrogens is 4. The second kappa shape index (κ2) is 32.3. The van der Waals surface area contributed by atoms with E-state index in [4.69, 9.17) is 0 Å². The molecule has 0 bridgehead atoms. The fourth-order valence-electron chi connectivity index (χ4n) is 16.0. The van der Waals surface area contributed by atoms with Crippen molar-refractivity contribution in [1.29, 1.82) is 0 Å². The minimum atomic E-state index is 0.00373. The summed E-state index contributed by atoms with van der Waals surface area (Å²) in [4.78, 5) is 99.5. The van der Waals surface area contributed by atoms with Gasteiger partial charge in [-0.2, -0.15) is 0 Å². The van der Waals surface area contributed by atoms with Crippen molar-refractivity contribution in [2.45, 2.75) is 178 Å². The number of nitrogens with zero attached hydrogens (tertiary/aromatic N) is 11. The maximum absolute atomic E-state index is 11.9. The van der Waals surface area contributed by atoms with Crippen LogP contribution in [-0.4, -0.2) is 175 Å². The van der Waals surface area contributed by atoms with E-state index < -0.39 is 0 Å². The van der Waals surface area contributed by atoms with E-state index >= 15 is 0 Å². The molecule has 16 rings (SSSR count). The summed E-state index contributed by atoms with van der Waals surface area (Å²) >= 11 is 0. The first-order valence-electron chi connectivity index (χ1n) is 37.0. The Bertz CT molecular complexity index is 4190. The molecule has 8 aromatic heterocycles. The van der Waals surface area contributed by atoms with E-state index in [0.717, 1.165) is 189 Å². The Hall–Kier alpha value is -9.41. The molecule has 5 atom stereocenters. The summed E-state index contributed by atoms with van der Waals surface area (Å²) in [6, 6.07) is 2.95. The van der Waals surface area contributed by atoms with Crippen molar-refractivity contribution >= 4 is 90.9 Å². The number of aromatic nitrogens is 11. The summed E-state index contributed by atoms with van der Waals surface area (Å²) in [6.07, 6.45) is 46.8. The van der Waals surface area contributed by atoms with Gasteiger partial charge in [0, 0.05) is 119 Å². The van der Waals surface area contributed by atoms with Crippen LogP contribution in [0.15, 0.2) is 107 Å². The molecular weight excluding hydrogens is 1250 g/mol. The number of pyridine rings is 1. The van der Waals surface area contributed by atoms with Gasteiger partial charge in [-0.05, 0) is 179 Å². The summed E-state index contributed by atoms with van der Waals surface area (Å²) in [5.41, 5.74) is 10.0. The minimum Gasteiger partial charge on any atom is -0.380 e. The molecule has 4 saturated carbocycles. The number of hydrogen-bond donors (Lipinski definition) is 8. The molecule has 0 aromatic carbocycles. The van der Waals surface area contributed by atoms with Gasteiger partial charge in [0.25, 0.3) is 0 Å². The highest BCUT2D eigenvalue weighted by Crippen LogP contribution is 2.45. The smallest absolute Gasteiger partial charge is 0.246 e. The maximum Gasteiger partial charge on any atom is 0.246 e. The molecule has 23 nitrogen and oxygen atoms in total. The highest BCUT2D eigenvalue weighted by atomic mass is 16.2. The summed E-state index contributed by atoms with van der Waals surface area (Å²) in [7, 11) is 0. The Morgan fingerprint density at radius 2 is 0.790 bits per heavy atom. The van der Waals surface area contributed by atoms with Crippen molar-refractivity contribution in [1.82, 2.24) is 74.4 Å². The molecule has 8 fully saturated rings. The summed E-state index contributed by atoms with van der Waals surface area (Å²) < 4.78 is 0. The molecule has 4 saturated heterocycles. The van der Waals surface area contributed by atoms with Gasteiger partial charge in [0.2, 0.25) is 23.6 Å². The molecule has 4 aliphatic carbocycles. The van der Waals surface area contributed by atoms with Crippen molar-refractivity contribution in [3.63, 3.8) is 0 Å². The lowest BCUT2D eigenvalue weighted by Crippen LogP contribution is -2.44. The molecule has 8 aromatic rings. The number of likely N-dealkylation sites (tertiary alicyclic amines) is 4. The van der Waals surface area contributed by atoms with E-state index in [1.54, 1.807) is 19.0 Å². The van der Waals surface area contributed by atoms with Crippen LogP contribution in [-0.2, 0) is 38.4 Å². The zero-order valence-corrected chi connectivity index (χ0v) is 58.3. The predicted molar refractivity (Wildman–Crippen MR) is 396 cm³/mol. The van der Waals surface area contributed by atoms with Crippen molar-refractivity contribution in [2.24, 2.45) is 23.7 Å². The standard InChI is InChI=1S/C20H27N5O.2C19H25N5O.C19H24N4O/c1-2-17(26)25-9-5-8-16(12-25)24-20-18-15(10-14-6-3-4-7-14)11-21-19(18)22-13-23-20;1-3-16(25)24-8-4-5-14(10-24)23-19-17-15(12(2)13-6-7-13)9-20-18(17)21-11-22-19;1-2-16(25)24-8-4-7-15(11-24)23-19-17-14(9-13-5-3-6-13)10-20-18(17)21-12-22-19;1-2-17(24)23-9-3-4-15(12-23)22-16-7-8-20-19-18(16)14(11-21-19)10-13-5-6-13/h2,11,13-14,16H,1,3-10,12H2,(H2,21,22,23,24);3,9,11-14H,1,4-8,10H2,2H3,(H2,20,21,22,23);2,10,12-13,15H,1,3-9,11H2,(H2,20,21,22,23);2,7-8,11,13,15H,1,3-6,9-10,12H2,(H2,20,21,22)/t16-;12?,14-;2*15-/m1111/s1. The SMILES string of the molecule is C=CC(=O)N1CCC[C@@H](Nc2ccnc3[nH]cc(CC4CC4)c23)C1.C=CC(=O)N1CCC[C@@H](Nc2ncnc3[nH]cc(C(C)C4CC4)c23)C1.C=CC(=O)N1CCC[C@@H](Nc2ncnc3[nH]cc(CC4CCC4)c23)C1.C=CC(=O)N1CCC[C@@H](Nc2ncnc3[nH]cc(CC4CCCC4)c23)C1. The highest BCUT2D eigenvalue weighted by Gasteiger charge is 2.34. The predicted octanol–water partition coefficient (Wildman–Crippen LogP) is 12.3. The second-order valence-electron chi connectivity index (χ2n) is 29.1. The number of piperidine rings is 4. The molecule has 23 heteroatoms. The topological polar surface area (TPSA) is 283 Å². The van der Waals surface area contributed by atoms with Crippen LogP contribution < -0.4 is 21.3 Å². The normalized spacial score (nSPS) is 21.3. The molecule has 8 N–H and O–H groups in total. The molecule has 528 valence electrons. The number of amides is 4. The molecule has 0 spiro atoms. The number of carbonyl (C=O) groups is 4. The van der Waals surface area contributed by atoms with Gasteiger partial charge >= 0.3 is 0 Å². The van der Waals surface area contributed by atoms with Crippen LogP contribution in [0.4, 0.5) is 23.1 Å². The minimum absolute atomic E-state index is 0.00373. The highest BCUT2D eigenvalue weighted by molar-refractivity contribution is 5.95. The third kappa shape index (κ3) is 16.7. The third-order valence-electron chi connectivity index (χ3n) is 22.0. The number of carbonyl (C=O) groups excluding carboxylic acids is 4. The number of anilines is 4. The number of rotatable bonds is 20. The van der Waals surface area contributed by atoms with E-state index in [1.165, 1.54) is 123 Å². The third-order valence-corrected chi connectivity index (χ3v) is 22.0. The first kappa shape index (κ1) is 69.1. The van der Waals surface area contributed by atoms with Crippen LogP contribution >= 0.6 is 0 Å². The molecular formula is C77H101N19O4. The van der Waals surface area contributed by atoms with E-state index in [1.807, 2.05) is 25.8 Å². The number of aromatic amines is 4. The first-order valence-corrected chi connectivity index (χ1v) is 37.0. The summed E-state index contributed by atoms with van der Waals surface area (Å²) in [5.74, 6) is 6.41. The van der Waals surface area contributed by atoms with E-state index in [2.05, 4.69) is 140 Å². The monoisotopic (exact) mass is 1360 g/mol. The van der Waals surface area contributed by atoms with Gasteiger partial charge < -0.3 is 60.8 Å². The van der Waals surface area contributed by atoms with Crippen LogP contribution in [0.2, 0.25) is 0 Å². The Kier molecular flexibility index (Phi) is 22.3. The lowest BCUT2D eigenvalue weighted by Gasteiger charge is -2.33. The zero-order valence-electron chi connectivity index (χ0n) is 58.3. The van der Waals surface area contributed by atoms with Crippen LogP contribution in [0.1, 0.15) is 157 Å². The molecule has 8 aliphatic rings. The fraction of sp³-hybridized carbons (Fsp3) is 0.519. The number of nitrogens with one attached hydrogen (secondary N) is 8. The van der Waals surface area contributed by atoms with Crippen molar-refractivity contribution in [3.8, 4) is 0 Å². The van der Waals surface area contributed by atoms with E-state index in [0.29, 0.717) is 25.6 Å². The second-order valence-corrected chi connectivity index (χ2v) is 29.1. The van der Waals surface area contributed by atoms with Crippen LogP contribution in [0, 0.1) is 23.7 Å². The first-order chi connectivity index (χ1) is 48.9. The fourth-order valence-corrected chi connectivity index (χ4v) is 16.0. The molecule has 0 radical (unpaired) electrons. The number of fused-ring (bicyclic) bond motifs is 4. The molecule has 1 unspecified atom stereocenters. The van der Waals surface area contributed by atoms with Gasteiger partial charge in [-0.3, -0.25) is 19.2 Å². The maximum atomic E-state index is 11.9. The Morgan fingerprint density at radius 1 is 0.430 bits per heavy atom. The Balaban J connectivity index is 0.000000120. The Labute approximate surface area is 586 Å². The summed E-state index contributed by atoms with van der Waals surface area (Å²) in [6.45, 7) is 22.7. The lowest BCUT2D eigenvalue weighted by atomic mass is 9.81. The van der Waals surface area contributed by atoms with Gasteiger partial charge in [0.1, 0.15) is 59.0 Å². The van der Waals surface area contributed by atoms with Crippen molar-refractivity contribution in [3.05, 3.63) is 129 Å². The van der Waals surface area contributed by atoms with Gasteiger partial charge in [0.15, 0.2) is 0 Å². The summed E-state index contributed by atoms with van der Waals surface area (Å²) in [5, 5.41) is 18.9. The quantitative estimate of drug-likeness (QED) is 0.0329. The lowest BCUT2D eigenvalue weighted by molar-refractivity contribution is -0.127. The van der Waals surface area contributed by atoms with E-state index in [-0.39, 0.29) is 47.8 Å². The van der Waals surface area contributed by atoms with Gasteiger partial charge in [0.05, 0.1) is 16.2 Å². The van der Waals surface area contributed by atoms with Gasteiger partial charge in [-0.25, -0.2) is 34.9 Å². The largest absolute Gasteiger partial charge is 0.380 e. The Morgan fingerprint density at radius 3 is 1.18 bits per heavy atom. The average Bonchev–Trinajstić information content (AvgIpc) is 1.62. The van der Waals surface area contributed by atoms with Crippen LogP contribution in [0.5, 0.6) is 0 Å². The number of hydrogen-bond acceptors (Lipinski definition) is 15.